The standard InChI is InChI=1S/C19H20N2O4S/c1-13-11-15-7-3-5-9-17(15)21(13)19(23)12-26(24,25)18-10-6-4-8-16(18)20-14(2)22/h3-10,13H,11-12H2,1-2H3,(H,20,22). The highest BCUT2D eigenvalue weighted by Gasteiger charge is 2.33. The Balaban J connectivity index is 1.89. The van der Waals surface area contributed by atoms with E-state index in [4.69, 9.17) is 0 Å². The maximum Gasteiger partial charge on any atom is 0.242 e. The smallest absolute Gasteiger partial charge is 0.242 e. The molecule has 1 aliphatic heterocycles. The number of carbonyl (C=O) groups excluding carboxylic acids is 2. The van der Waals surface area contributed by atoms with E-state index in [1.807, 2.05) is 31.2 Å². The second kappa shape index (κ2) is 6.92. The zero-order valence-corrected chi connectivity index (χ0v) is 15.4. The van der Waals surface area contributed by atoms with Gasteiger partial charge in [0.2, 0.25) is 11.8 Å². The van der Waals surface area contributed by atoms with Gasteiger partial charge in [-0.2, -0.15) is 0 Å². The van der Waals surface area contributed by atoms with Gasteiger partial charge < -0.3 is 10.2 Å². The molecule has 1 unspecified atom stereocenters. The Bertz CT molecular complexity index is 969. The monoisotopic (exact) mass is 372 g/mol. The SMILES string of the molecule is CC(=O)Nc1ccccc1S(=O)(=O)CC(=O)N1c2ccccc2CC1C. The molecule has 0 radical (unpaired) electrons. The van der Waals surface area contributed by atoms with E-state index in [1.54, 1.807) is 17.0 Å². The highest BCUT2D eigenvalue weighted by Crippen LogP contribution is 2.32. The summed E-state index contributed by atoms with van der Waals surface area (Å²) in [5, 5.41) is 2.50. The van der Waals surface area contributed by atoms with Crippen LogP contribution < -0.4 is 10.2 Å². The van der Waals surface area contributed by atoms with E-state index in [9.17, 15) is 18.0 Å². The predicted octanol–water partition coefficient (Wildman–Crippen LogP) is 2.40. The van der Waals surface area contributed by atoms with Crippen molar-refractivity contribution < 1.29 is 18.0 Å². The summed E-state index contributed by atoms with van der Waals surface area (Å²) < 4.78 is 25.6. The Hall–Kier alpha value is -2.67. The van der Waals surface area contributed by atoms with Crippen molar-refractivity contribution in [1.29, 1.82) is 0 Å². The number of fused-ring (bicyclic) bond motifs is 1. The van der Waals surface area contributed by atoms with Gasteiger partial charge in [-0.25, -0.2) is 8.42 Å². The normalized spacial score (nSPS) is 16.2. The molecular formula is C19H20N2O4S. The molecule has 0 aliphatic carbocycles. The van der Waals surface area contributed by atoms with E-state index in [2.05, 4.69) is 5.32 Å². The summed E-state index contributed by atoms with van der Waals surface area (Å²) in [6.45, 7) is 3.20. The van der Waals surface area contributed by atoms with E-state index in [0.717, 1.165) is 11.3 Å². The molecule has 1 aliphatic rings. The van der Waals surface area contributed by atoms with Gasteiger partial charge in [-0.15, -0.1) is 0 Å². The average molecular weight is 372 g/mol. The van der Waals surface area contributed by atoms with Crippen molar-refractivity contribution in [3.8, 4) is 0 Å². The number of nitrogens with one attached hydrogen (secondary N) is 1. The third kappa shape index (κ3) is 3.48. The number of anilines is 2. The van der Waals surface area contributed by atoms with Crippen molar-refractivity contribution in [3.63, 3.8) is 0 Å². The molecule has 136 valence electrons. The molecule has 1 N–H and O–H groups in total. The lowest BCUT2D eigenvalue weighted by molar-refractivity contribution is -0.116. The van der Waals surface area contributed by atoms with Gasteiger partial charge in [-0.1, -0.05) is 30.3 Å². The molecule has 0 saturated heterocycles. The third-order valence-corrected chi connectivity index (χ3v) is 5.98. The zero-order valence-electron chi connectivity index (χ0n) is 14.6. The number of para-hydroxylation sites is 2. The van der Waals surface area contributed by atoms with Crippen LogP contribution in [0, 0.1) is 0 Å². The molecule has 1 heterocycles. The predicted molar refractivity (Wildman–Crippen MR) is 99.9 cm³/mol. The first-order valence-corrected chi connectivity index (χ1v) is 9.94. The summed E-state index contributed by atoms with van der Waals surface area (Å²) in [5.41, 5.74) is 1.97. The van der Waals surface area contributed by atoms with Crippen LogP contribution in [0.5, 0.6) is 0 Å². The van der Waals surface area contributed by atoms with Crippen LogP contribution in [-0.2, 0) is 25.8 Å². The maximum atomic E-state index is 12.8. The molecule has 0 fully saturated rings. The topological polar surface area (TPSA) is 83.5 Å². The van der Waals surface area contributed by atoms with Gasteiger partial charge in [0, 0.05) is 18.7 Å². The molecule has 0 aromatic heterocycles. The molecule has 0 bridgehead atoms. The minimum absolute atomic E-state index is 0.0521. The summed E-state index contributed by atoms with van der Waals surface area (Å²) in [6.07, 6.45) is 0.699. The van der Waals surface area contributed by atoms with Gasteiger partial charge in [0.15, 0.2) is 9.84 Å². The molecule has 0 saturated carbocycles. The van der Waals surface area contributed by atoms with Gasteiger partial charge in [-0.3, -0.25) is 9.59 Å². The lowest BCUT2D eigenvalue weighted by Crippen LogP contribution is -2.39. The van der Waals surface area contributed by atoms with E-state index >= 15 is 0 Å². The second-order valence-corrected chi connectivity index (χ2v) is 8.34. The zero-order chi connectivity index (χ0) is 18.9. The number of hydrogen-bond donors (Lipinski definition) is 1. The number of nitrogens with zero attached hydrogens (tertiary/aromatic N) is 1. The van der Waals surface area contributed by atoms with E-state index in [0.29, 0.717) is 6.42 Å². The molecule has 3 rings (SSSR count). The third-order valence-electron chi connectivity index (χ3n) is 4.32. The van der Waals surface area contributed by atoms with Crippen LogP contribution in [0.1, 0.15) is 19.4 Å². The van der Waals surface area contributed by atoms with Crippen LogP contribution in [-0.4, -0.2) is 32.0 Å². The Morgan fingerprint density at radius 3 is 2.50 bits per heavy atom. The average Bonchev–Trinajstić information content (AvgIpc) is 2.90. The Morgan fingerprint density at radius 1 is 1.12 bits per heavy atom. The van der Waals surface area contributed by atoms with Gasteiger partial charge in [0.25, 0.3) is 0 Å². The Labute approximate surface area is 152 Å². The van der Waals surface area contributed by atoms with Crippen molar-refractivity contribution in [2.45, 2.75) is 31.2 Å². The van der Waals surface area contributed by atoms with Gasteiger partial charge >= 0.3 is 0 Å². The summed E-state index contributed by atoms with van der Waals surface area (Å²) >= 11 is 0. The van der Waals surface area contributed by atoms with E-state index in [-0.39, 0.29) is 22.5 Å². The van der Waals surface area contributed by atoms with Crippen molar-refractivity contribution in [3.05, 3.63) is 54.1 Å². The minimum Gasteiger partial charge on any atom is -0.325 e. The Morgan fingerprint density at radius 2 is 1.77 bits per heavy atom. The summed E-state index contributed by atoms with van der Waals surface area (Å²) in [6, 6.07) is 13.5. The largest absolute Gasteiger partial charge is 0.325 e. The van der Waals surface area contributed by atoms with Crippen molar-refractivity contribution >= 4 is 33.0 Å². The maximum absolute atomic E-state index is 12.8. The fourth-order valence-corrected chi connectivity index (χ4v) is 4.65. The van der Waals surface area contributed by atoms with Crippen molar-refractivity contribution in [2.75, 3.05) is 16.0 Å². The van der Waals surface area contributed by atoms with Gasteiger partial charge in [0.1, 0.15) is 5.75 Å². The fraction of sp³-hybridized carbons (Fsp3) is 0.263. The molecule has 2 amide bonds. The number of hydrogen-bond acceptors (Lipinski definition) is 4. The molecule has 26 heavy (non-hydrogen) atoms. The number of amides is 2. The first-order valence-electron chi connectivity index (χ1n) is 8.29. The number of sulfone groups is 1. The molecular weight excluding hydrogens is 352 g/mol. The number of rotatable bonds is 4. The van der Waals surface area contributed by atoms with Gasteiger partial charge in [0.05, 0.1) is 10.6 Å². The first kappa shape index (κ1) is 18.1. The molecule has 1 atom stereocenters. The van der Waals surface area contributed by atoms with Crippen LogP contribution in [0.2, 0.25) is 0 Å². The molecule has 2 aromatic carbocycles. The second-order valence-electron chi connectivity index (χ2n) is 6.38. The quantitative estimate of drug-likeness (QED) is 0.893. The van der Waals surface area contributed by atoms with Crippen LogP contribution in [0.15, 0.2) is 53.4 Å². The van der Waals surface area contributed by atoms with Crippen LogP contribution in [0.3, 0.4) is 0 Å². The van der Waals surface area contributed by atoms with Gasteiger partial charge in [-0.05, 0) is 37.1 Å². The lowest BCUT2D eigenvalue weighted by Gasteiger charge is -2.23. The van der Waals surface area contributed by atoms with Crippen LogP contribution >= 0.6 is 0 Å². The minimum atomic E-state index is -3.91. The van der Waals surface area contributed by atoms with E-state index < -0.39 is 21.5 Å². The highest BCUT2D eigenvalue weighted by molar-refractivity contribution is 7.92. The van der Waals surface area contributed by atoms with Crippen LogP contribution in [0.25, 0.3) is 0 Å². The summed E-state index contributed by atoms with van der Waals surface area (Å²) in [4.78, 5) is 25.6. The Kier molecular flexibility index (Phi) is 4.82. The fourth-order valence-electron chi connectivity index (χ4n) is 3.29. The molecule has 6 nitrogen and oxygen atoms in total. The van der Waals surface area contributed by atoms with E-state index in [1.165, 1.54) is 19.1 Å². The summed E-state index contributed by atoms with van der Waals surface area (Å²) in [7, 11) is -3.91. The summed E-state index contributed by atoms with van der Waals surface area (Å²) in [5.74, 6) is -1.50. The van der Waals surface area contributed by atoms with Crippen molar-refractivity contribution in [2.24, 2.45) is 0 Å². The highest BCUT2D eigenvalue weighted by atomic mass is 32.2. The van der Waals surface area contributed by atoms with Crippen LogP contribution in [0.4, 0.5) is 11.4 Å². The molecule has 2 aromatic rings. The molecule has 0 spiro atoms. The first-order chi connectivity index (χ1) is 12.3. The van der Waals surface area contributed by atoms with Crippen molar-refractivity contribution in [1.82, 2.24) is 0 Å². The molecule has 7 heteroatoms. The number of benzene rings is 2. The number of carbonyl (C=O) groups is 2. The lowest BCUT2D eigenvalue weighted by atomic mass is 10.1.